The molecule has 0 heterocycles. The molecule has 0 aliphatic heterocycles. The summed E-state index contributed by atoms with van der Waals surface area (Å²) in [5, 5.41) is 3.66. The van der Waals surface area contributed by atoms with E-state index in [1.807, 2.05) is 18.2 Å². The lowest BCUT2D eigenvalue weighted by Crippen LogP contribution is -2.30. The summed E-state index contributed by atoms with van der Waals surface area (Å²) in [6.45, 7) is 2.26. The van der Waals surface area contributed by atoms with Crippen molar-refractivity contribution >= 4 is 11.4 Å². The van der Waals surface area contributed by atoms with Crippen LogP contribution in [0.4, 0.5) is 11.4 Å². The lowest BCUT2D eigenvalue weighted by atomic mass is 9.83. The molecule has 1 aromatic carbocycles. The minimum absolute atomic E-state index is 0.564. The molecule has 1 unspecified atom stereocenters. The summed E-state index contributed by atoms with van der Waals surface area (Å²) in [4.78, 5) is 0. The van der Waals surface area contributed by atoms with E-state index in [0.29, 0.717) is 11.7 Å². The van der Waals surface area contributed by atoms with Gasteiger partial charge in [0.1, 0.15) is 5.75 Å². The van der Waals surface area contributed by atoms with E-state index in [2.05, 4.69) is 12.2 Å². The SMILES string of the molecule is CCC(Nc1ccc(N)c(OC)c1)C1CCCCC1. The van der Waals surface area contributed by atoms with Crippen LogP contribution in [-0.2, 0) is 0 Å². The van der Waals surface area contributed by atoms with E-state index in [0.717, 1.165) is 23.8 Å². The van der Waals surface area contributed by atoms with Gasteiger partial charge >= 0.3 is 0 Å². The predicted molar refractivity (Wildman–Crippen MR) is 81.7 cm³/mol. The molecule has 0 radical (unpaired) electrons. The van der Waals surface area contributed by atoms with E-state index < -0.39 is 0 Å². The maximum absolute atomic E-state index is 5.85. The van der Waals surface area contributed by atoms with Crippen LogP contribution in [0, 0.1) is 5.92 Å². The fraction of sp³-hybridized carbons (Fsp3) is 0.625. The van der Waals surface area contributed by atoms with E-state index >= 15 is 0 Å². The van der Waals surface area contributed by atoms with Crippen molar-refractivity contribution < 1.29 is 4.74 Å². The Morgan fingerprint density at radius 3 is 2.68 bits per heavy atom. The van der Waals surface area contributed by atoms with Crippen molar-refractivity contribution in [2.75, 3.05) is 18.2 Å². The zero-order valence-electron chi connectivity index (χ0n) is 12.1. The highest BCUT2D eigenvalue weighted by Gasteiger charge is 2.22. The normalized spacial score (nSPS) is 18.0. The Hall–Kier alpha value is -1.38. The van der Waals surface area contributed by atoms with E-state index in [4.69, 9.17) is 10.5 Å². The number of ether oxygens (including phenoxy) is 1. The predicted octanol–water partition coefficient (Wildman–Crippen LogP) is 4.05. The van der Waals surface area contributed by atoms with E-state index in [1.165, 1.54) is 32.1 Å². The second kappa shape index (κ2) is 6.69. The number of hydrogen-bond donors (Lipinski definition) is 2. The highest BCUT2D eigenvalue weighted by Crippen LogP contribution is 2.31. The zero-order chi connectivity index (χ0) is 13.7. The Balaban J connectivity index is 2.04. The van der Waals surface area contributed by atoms with Crippen molar-refractivity contribution in [1.82, 2.24) is 0 Å². The first-order valence-corrected chi connectivity index (χ1v) is 7.44. The number of methoxy groups -OCH3 is 1. The fourth-order valence-corrected chi connectivity index (χ4v) is 3.10. The first-order chi connectivity index (χ1) is 9.24. The Morgan fingerprint density at radius 1 is 1.32 bits per heavy atom. The van der Waals surface area contributed by atoms with E-state index in [-0.39, 0.29) is 0 Å². The molecule has 0 bridgehead atoms. The summed E-state index contributed by atoms with van der Waals surface area (Å²) in [6, 6.07) is 6.52. The Bertz CT molecular complexity index is 400. The van der Waals surface area contributed by atoms with Crippen molar-refractivity contribution in [3.05, 3.63) is 18.2 Å². The van der Waals surface area contributed by atoms with Gasteiger partial charge in [0.05, 0.1) is 12.8 Å². The van der Waals surface area contributed by atoms with Gasteiger partial charge in [0, 0.05) is 17.8 Å². The van der Waals surface area contributed by atoms with Gasteiger partial charge in [0.15, 0.2) is 0 Å². The molecular weight excluding hydrogens is 236 g/mol. The Morgan fingerprint density at radius 2 is 2.05 bits per heavy atom. The first-order valence-electron chi connectivity index (χ1n) is 7.44. The molecule has 0 aromatic heterocycles. The largest absolute Gasteiger partial charge is 0.495 e. The van der Waals surface area contributed by atoms with Crippen LogP contribution in [0.25, 0.3) is 0 Å². The molecule has 19 heavy (non-hydrogen) atoms. The number of anilines is 2. The lowest BCUT2D eigenvalue weighted by Gasteiger charge is -2.31. The highest BCUT2D eigenvalue weighted by atomic mass is 16.5. The van der Waals surface area contributed by atoms with Gasteiger partial charge in [-0.3, -0.25) is 0 Å². The van der Waals surface area contributed by atoms with Crippen LogP contribution in [0.1, 0.15) is 45.4 Å². The minimum Gasteiger partial charge on any atom is -0.495 e. The monoisotopic (exact) mass is 262 g/mol. The molecule has 2 rings (SSSR count). The average molecular weight is 262 g/mol. The number of benzene rings is 1. The summed E-state index contributed by atoms with van der Waals surface area (Å²) in [7, 11) is 1.66. The molecule has 1 atom stereocenters. The number of rotatable bonds is 5. The number of nitrogen functional groups attached to an aromatic ring is 1. The van der Waals surface area contributed by atoms with Crippen LogP contribution < -0.4 is 15.8 Å². The van der Waals surface area contributed by atoms with Gasteiger partial charge in [0.25, 0.3) is 0 Å². The van der Waals surface area contributed by atoms with Crippen molar-refractivity contribution in [3.8, 4) is 5.75 Å². The van der Waals surface area contributed by atoms with Crippen molar-refractivity contribution in [3.63, 3.8) is 0 Å². The van der Waals surface area contributed by atoms with Gasteiger partial charge in [-0.1, -0.05) is 26.2 Å². The average Bonchev–Trinajstić information content (AvgIpc) is 2.47. The molecule has 0 amide bonds. The Kier molecular flexibility index (Phi) is 4.94. The highest BCUT2D eigenvalue weighted by molar-refractivity contribution is 5.61. The van der Waals surface area contributed by atoms with Gasteiger partial charge in [0.2, 0.25) is 0 Å². The van der Waals surface area contributed by atoms with E-state index in [1.54, 1.807) is 7.11 Å². The number of nitrogens with two attached hydrogens (primary N) is 1. The maximum Gasteiger partial charge on any atom is 0.143 e. The van der Waals surface area contributed by atoms with Crippen LogP contribution in [0.3, 0.4) is 0 Å². The zero-order valence-corrected chi connectivity index (χ0v) is 12.1. The summed E-state index contributed by atoms with van der Waals surface area (Å²) in [5.41, 5.74) is 7.66. The maximum atomic E-state index is 5.85. The second-order valence-electron chi connectivity index (χ2n) is 5.51. The molecule has 3 nitrogen and oxygen atoms in total. The van der Waals surface area contributed by atoms with E-state index in [9.17, 15) is 0 Å². The van der Waals surface area contributed by atoms with Crippen LogP contribution >= 0.6 is 0 Å². The van der Waals surface area contributed by atoms with Crippen LogP contribution in [-0.4, -0.2) is 13.2 Å². The molecule has 1 aliphatic rings. The fourth-order valence-electron chi connectivity index (χ4n) is 3.10. The molecule has 106 valence electrons. The van der Waals surface area contributed by atoms with Crippen molar-refractivity contribution in [2.45, 2.75) is 51.5 Å². The van der Waals surface area contributed by atoms with Gasteiger partial charge < -0.3 is 15.8 Å². The molecular formula is C16H26N2O. The molecule has 1 fully saturated rings. The molecule has 1 saturated carbocycles. The van der Waals surface area contributed by atoms with Crippen molar-refractivity contribution in [2.24, 2.45) is 5.92 Å². The van der Waals surface area contributed by atoms with Gasteiger partial charge in [-0.05, 0) is 37.3 Å². The Labute approximate surface area is 116 Å². The summed E-state index contributed by atoms with van der Waals surface area (Å²) in [6.07, 6.45) is 8.05. The molecule has 0 spiro atoms. The van der Waals surface area contributed by atoms with Crippen LogP contribution in [0.2, 0.25) is 0 Å². The van der Waals surface area contributed by atoms with Gasteiger partial charge in [-0.25, -0.2) is 0 Å². The third kappa shape index (κ3) is 3.55. The van der Waals surface area contributed by atoms with Crippen molar-refractivity contribution in [1.29, 1.82) is 0 Å². The number of hydrogen-bond acceptors (Lipinski definition) is 3. The second-order valence-corrected chi connectivity index (χ2v) is 5.51. The summed E-state index contributed by atoms with van der Waals surface area (Å²) < 4.78 is 5.28. The minimum atomic E-state index is 0.564. The van der Waals surface area contributed by atoms with Gasteiger partial charge in [-0.15, -0.1) is 0 Å². The first kappa shape index (κ1) is 14.0. The smallest absolute Gasteiger partial charge is 0.143 e. The molecule has 0 saturated heterocycles. The third-order valence-corrected chi connectivity index (χ3v) is 4.24. The molecule has 1 aromatic rings. The van der Waals surface area contributed by atoms with Crippen LogP contribution in [0.15, 0.2) is 18.2 Å². The van der Waals surface area contributed by atoms with Gasteiger partial charge in [-0.2, -0.15) is 0 Å². The lowest BCUT2D eigenvalue weighted by molar-refractivity contribution is 0.313. The quantitative estimate of drug-likeness (QED) is 0.787. The summed E-state index contributed by atoms with van der Waals surface area (Å²) in [5.74, 6) is 1.56. The standard InChI is InChI=1S/C16H26N2O/c1-3-15(12-7-5-4-6-8-12)18-13-9-10-14(17)16(11-13)19-2/h9-12,15,18H,3-8,17H2,1-2H3. The molecule has 3 heteroatoms. The third-order valence-electron chi connectivity index (χ3n) is 4.24. The molecule has 1 aliphatic carbocycles. The summed E-state index contributed by atoms with van der Waals surface area (Å²) >= 11 is 0. The van der Waals surface area contributed by atoms with Crippen LogP contribution in [0.5, 0.6) is 5.75 Å². The molecule has 3 N–H and O–H groups in total. The topological polar surface area (TPSA) is 47.3 Å². The number of nitrogens with one attached hydrogen (secondary N) is 1.